The number of likely N-dealkylation sites (tertiary alicyclic amines) is 1. The van der Waals surface area contributed by atoms with Gasteiger partial charge in [-0.1, -0.05) is 29.8 Å². The van der Waals surface area contributed by atoms with Gasteiger partial charge in [-0.25, -0.2) is 13.1 Å². The highest BCUT2D eigenvalue weighted by Crippen LogP contribution is 2.41. The van der Waals surface area contributed by atoms with Gasteiger partial charge in [0.05, 0.1) is 24.9 Å². The van der Waals surface area contributed by atoms with Gasteiger partial charge in [-0.05, 0) is 81.2 Å². The molecule has 2 aliphatic rings. The monoisotopic (exact) mass is 564 g/mol. The van der Waals surface area contributed by atoms with Gasteiger partial charge in [-0.2, -0.15) is 0 Å². The van der Waals surface area contributed by atoms with Crippen LogP contribution in [0, 0.1) is 6.92 Å². The van der Waals surface area contributed by atoms with Crippen LogP contribution in [0.5, 0.6) is 17.2 Å². The molecule has 1 unspecified atom stereocenters. The maximum absolute atomic E-state index is 12.7. The van der Waals surface area contributed by atoms with Gasteiger partial charge in [-0.15, -0.1) is 0 Å². The van der Waals surface area contributed by atoms with Gasteiger partial charge in [0.15, 0.2) is 0 Å². The SMILES string of the molecule is COc1ccc(C2=COc3cc(OCCCN4CCC(NS(=O)(=O)c5ccc(C)cc5)CC4)ccc3C2O)cc1. The molecule has 0 saturated carbocycles. The molecule has 1 saturated heterocycles. The molecule has 2 N–H and O–H groups in total. The number of hydrogen-bond acceptors (Lipinski definition) is 7. The molecule has 0 radical (unpaired) electrons. The summed E-state index contributed by atoms with van der Waals surface area (Å²) in [7, 11) is -1.88. The van der Waals surface area contributed by atoms with Crippen molar-refractivity contribution in [2.75, 3.05) is 33.4 Å². The lowest BCUT2D eigenvalue weighted by atomic mass is 9.94. The van der Waals surface area contributed by atoms with Crippen LogP contribution in [-0.4, -0.2) is 57.8 Å². The molecule has 0 bridgehead atoms. The molecule has 9 heteroatoms. The number of aliphatic hydroxyl groups excluding tert-OH is 1. The van der Waals surface area contributed by atoms with Crippen molar-refractivity contribution in [1.29, 1.82) is 0 Å². The minimum Gasteiger partial charge on any atom is -0.497 e. The molecule has 2 heterocycles. The summed E-state index contributed by atoms with van der Waals surface area (Å²) >= 11 is 0. The number of hydrogen-bond donors (Lipinski definition) is 2. The highest BCUT2D eigenvalue weighted by molar-refractivity contribution is 7.89. The standard InChI is InChI=1S/C31H36N2O6S/c1-22-4-11-27(12-5-22)40(35,36)32-24-14-17-33(18-15-24)16-3-19-38-26-10-13-28-30(20-26)39-21-29(31(28)34)23-6-8-25(37-2)9-7-23/h4-13,20-21,24,31-32,34H,3,14-19H2,1-2H3. The van der Waals surface area contributed by atoms with E-state index >= 15 is 0 Å². The molecule has 1 atom stereocenters. The minimum atomic E-state index is -3.50. The average molecular weight is 565 g/mol. The minimum absolute atomic E-state index is 0.0519. The van der Waals surface area contributed by atoms with E-state index in [-0.39, 0.29) is 6.04 Å². The number of sulfonamides is 1. The van der Waals surface area contributed by atoms with Crippen LogP contribution in [0.3, 0.4) is 0 Å². The number of fused-ring (bicyclic) bond motifs is 1. The second kappa shape index (κ2) is 12.4. The summed E-state index contributed by atoms with van der Waals surface area (Å²) in [4.78, 5) is 2.66. The summed E-state index contributed by atoms with van der Waals surface area (Å²) in [5.74, 6) is 2.03. The Morgan fingerprint density at radius 3 is 2.40 bits per heavy atom. The number of nitrogens with zero attached hydrogens (tertiary/aromatic N) is 1. The van der Waals surface area contributed by atoms with Crippen molar-refractivity contribution in [2.45, 2.75) is 43.2 Å². The highest BCUT2D eigenvalue weighted by Gasteiger charge is 2.26. The largest absolute Gasteiger partial charge is 0.497 e. The fourth-order valence-electron chi connectivity index (χ4n) is 5.06. The Morgan fingerprint density at radius 1 is 1.00 bits per heavy atom. The van der Waals surface area contributed by atoms with Crippen LogP contribution < -0.4 is 18.9 Å². The number of nitrogens with one attached hydrogen (secondary N) is 1. The number of ether oxygens (including phenoxy) is 3. The smallest absolute Gasteiger partial charge is 0.240 e. The van der Waals surface area contributed by atoms with Gasteiger partial charge in [0.25, 0.3) is 0 Å². The average Bonchev–Trinajstić information content (AvgIpc) is 2.96. The van der Waals surface area contributed by atoms with Gasteiger partial charge < -0.3 is 24.2 Å². The second-order valence-electron chi connectivity index (χ2n) is 10.3. The predicted molar refractivity (Wildman–Crippen MR) is 154 cm³/mol. The topological polar surface area (TPSA) is 97.3 Å². The van der Waals surface area contributed by atoms with E-state index in [0.29, 0.717) is 34.1 Å². The Morgan fingerprint density at radius 2 is 1.70 bits per heavy atom. The molecule has 0 amide bonds. The Balaban J connectivity index is 1.05. The first-order chi connectivity index (χ1) is 19.3. The summed E-state index contributed by atoms with van der Waals surface area (Å²) in [6, 6.07) is 19.9. The molecule has 2 aliphatic heterocycles. The van der Waals surface area contributed by atoms with Crippen LogP contribution in [-0.2, 0) is 10.0 Å². The van der Waals surface area contributed by atoms with E-state index in [0.717, 1.165) is 55.8 Å². The van der Waals surface area contributed by atoms with Crippen molar-refractivity contribution >= 4 is 15.6 Å². The summed E-state index contributed by atoms with van der Waals surface area (Å²) in [5, 5.41) is 10.9. The van der Waals surface area contributed by atoms with Crippen molar-refractivity contribution in [3.8, 4) is 17.2 Å². The molecule has 40 heavy (non-hydrogen) atoms. The van der Waals surface area contributed by atoms with Gasteiger partial charge >= 0.3 is 0 Å². The van der Waals surface area contributed by atoms with E-state index in [1.165, 1.54) is 0 Å². The van der Waals surface area contributed by atoms with Gasteiger partial charge in [0.2, 0.25) is 10.0 Å². The third kappa shape index (κ3) is 6.67. The van der Waals surface area contributed by atoms with Crippen molar-refractivity contribution in [3.63, 3.8) is 0 Å². The zero-order chi connectivity index (χ0) is 28.1. The molecule has 0 aliphatic carbocycles. The van der Waals surface area contributed by atoms with Crippen molar-refractivity contribution in [3.05, 3.63) is 89.7 Å². The van der Waals surface area contributed by atoms with Crippen molar-refractivity contribution in [2.24, 2.45) is 0 Å². The zero-order valence-corrected chi connectivity index (χ0v) is 23.7. The van der Waals surface area contributed by atoms with E-state index in [1.807, 2.05) is 61.5 Å². The third-order valence-corrected chi connectivity index (χ3v) is 8.97. The van der Waals surface area contributed by atoms with E-state index in [4.69, 9.17) is 14.2 Å². The van der Waals surface area contributed by atoms with Crippen LogP contribution in [0.25, 0.3) is 5.57 Å². The first-order valence-corrected chi connectivity index (χ1v) is 15.1. The fourth-order valence-corrected chi connectivity index (χ4v) is 6.36. The van der Waals surface area contributed by atoms with Crippen molar-refractivity contribution in [1.82, 2.24) is 9.62 Å². The van der Waals surface area contributed by atoms with Crippen LogP contribution >= 0.6 is 0 Å². The number of rotatable bonds is 10. The predicted octanol–water partition coefficient (Wildman–Crippen LogP) is 4.68. The molecule has 0 spiro atoms. The van der Waals surface area contributed by atoms with Crippen LogP contribution in [0.1, 0.15) is 42.1 Å². The van der Waals surface area contributed by atoms with Crippen molar-refractivity contribution < 1.29 is 27.7 Å². The Hall–Kier alpha value is -3.37. The van der Waals surface area contributed by atoms with Crippen LogP contribution in [0.2, 0.25) is 0 Å². The number of aliphatic hydroxyl groups is 1. The maximum atomic E-state index is 12.7. The number of piperidine rings is 1. The Labute approximate surface area is 236 Å². The lowest BCUT2D eigenvalue weighted by Gasteiger charge is -2.32. The number of methoxy groups -OCH3 is 1. The molecule has 1 fully saturated rings. The highest BCUT2D eigenvalue weighted by atomic mass is 32.2. The normalized spacial score (nSPS) is 18.0. The molecular weight excluding hydrogens is 528 g/mol. The summed E-state index contributed by atoms with van der Waals surface area (Å²) < 4.78 is 45.2. The van der Waals surface area contributed by atoms with E-state index in [9.17, 15) is 13.5 Å². The van der Waals surface area contributed by atoms with E-state index in [1.54, 1.807) is 25.5 Å². The molecular formula is C31H36N2O6S. The van der Waals surface area contributed by atoms with Crippen LogP contribution in [0.15, 0.2) is 77.9 Å². The zero-order valence-electron chi connectivity index (χ0n) is 22.9. The van der Waals surface area contributed by atoms with E-state index in [2.05, 4.69) is 9.62 Å². The molecule has 5 rings (SSSR count). The summed E-state index contributed by atoms with van der Waals surface area (Å²) in [6.07, 6.45) is 3.20. The molecule has 3 aromatic carbocycles. The Bertz CT molecular complexity index is 1430. The lowest BCUT2D eigenvalue weighted by Crippen LogP contribution is -2.44. The first-order valence-electron chi connectivity index (χ1n) is 13.6. The molecule has 3 aromatic rings. The first kappa shape index (κ1) is 28.2. The molecule has 212 valence electrons. The maximum Gasteiger partial charge on any atom is 0.240 e. The van der Waals surface area contributed by atoms with Crippen LogP contribution in [0.4, 0.5) is 0 Å². The van der Waals surface area contributed by atoms with E-state index < -0.39 is 16.1 Å². The molecule has 8 nitrogen and oxygen atoms in total. The summed E-state index contributed by atoms with van der Waals surface area (Å²) in [5.41, 5.74) is 3.29. The fraction of sp³-hybridized carbons (Fsp3) is 0.355. The summed E-state index contributed by atoms with van der Waals surface area (Å²) in [6.45, 7) is 5.05. The van der Waals surface area contributed by atoms with Gasteiger partial charge in [0, 0.05) is 29.8 Å². The lowest BCUT2D eigenvalue weighted by molar-refractivity contribution is 0.189. The molecule has 0 aromatic heterocycles. The number of aryl methyl sites for hydroxylation is 1. The Kier molecular flexibility index (Phi) is 8.75. The third-order valence-electron chi connectivity index (χ3n) is 7.44. The quantitative estimate of drug-likeness (QED) is 0.345. The van der Waals surface area contributed by atoms with Gasteiger partial charge in [0.1, 0.15) is 23.4 Å². The second-order valence-corrected chi connectivity index (χ2v) is 12.0. The number of benzene rings is 3. The van der Waals surface area contributed by atoms with Gasteiger partial charge in [-0.3, -0.25) is 0 Å².